The van der Waals surface area contributed by atoms with Crippen molar-refractivity contribution in [3.63, 3.8) is 0 Å². The van der Waals surface area contributed by atoms with Gasteiger partial charge in [-0.25, -0.2) is 4.79 Å². The molecule has 2 aromatic rings. The summed E-state index contributed by atoms with van der Waals surface area (Å²) in [5.41, 5.74) is 1.72. The Morgan fingerprint density at radius 1 is 1.17 bits per heavy atom. The van der Waals surface area contributed by atoms with Crippen LogP contribution in [0.5, 0.6) is 11.5 Å². The molecule has 0 radical (unpaired) electrons. The summed E-state index contributed by atoms with van der Waals surface area (Å²) in [5, 5.41) is 10.7. The predicted octanol–water partition coefficient (Wildman–Crippen LogP) is 3.49. The molecule has 0 saturated heterocycles. The summed E-state index contributed by atoms with van der Waals surface area (Å²) in [7, 11) is 3.13. The molecular formula is C18H20O5. The molecule has 2 rings (SSSR count). The van der Waals surface area contributed by atoms with Gasteiger partial charge in [0.25, 0.3) is 0 Å². The molecular weight excluding hydrogens is 296 g/mol. The maximum absolute atomic E-state index is 10.9. The zero-order valence-electron chi connectivity index (χ0n) is 13.5. The van der Waals surface area contributed by atoms with Crippen LogP contribution in [0.25, 0.3) is 16.8 Å². The fraction of sp³-hybridized carbons (Fsp3) is 0.278. The molecule has 0 spiro atoms. The van der Waals surface area contributed by atoms with Gasteiger partial charge in [0.1, 0.15) is 0 Å². The van der Waals surface area contributed by atoms with Crippen LogP contribution in [-0.2, 0) is 16.0 Å². The normalized spacial score (nSPS) is 11.1. The Bertz CT molecular complexity index is 734. The maximum Gasteiger partial charge on any atom is 0.328 e. The number of aliphatic carboxylic acids is 1. The Morgan fingerprint density at radius 2 is 1.87 bits per heavy atom. The van der Waals surface area contributed by atoms with Crippen LogP contribution in [0.4, 0.5) is 0 Å². The smallest absolute Gasteiger partial charge is 0.328 e. The molecule has 0 unspecified atom stereocenters. The first-order valence-corrected chi connectivity index (χ1v) is 7.28. The summed E-state index contributed by atoms with van der Waals surface area (Å²) in [6, 6.07) is 7.67. The third-order valence-corrected chi connectivity index (χ3v) is 3.54. The number of benzene rings is 2. The molecule has 122 valence electrons. The summed E-state index contributed by atoms with van der Waals surface area (Å²) in [5.74, 6) is 0.220. The maximum atomic E-state index is 10.9. The average molecular weight is 316 g/mol. The lowest BCUT2D eigenvalue weighted by Gasteiger charge is -2.19. The third-order valence-electron chi connectivity index (χ3n) is 3.54. The quantitative estimate of drug-likeness (QED) is 0.625. The molecule has 0 aliphatic rings. The minimum absolute atomic E-state index is 0.105. The number of methoxy groups -OCH3 is 2. The van der Waals surface area contributed by atoms with Crippen molar-refractivity contribution in [3.8, 4) is 11.5 Å². The molecule has 0 saturated carbocycles. The van der Waals surface area contributed by atoms with E-state index in [0.717, 1.165) is 28.0 Å². The Labute approximate surface area is 135 Å². The lowest BCUT2D eigenvalue weighted by atomic mass is 9.95. The van der Waals surface area contributed by atoms with Crippen LogP contribution in [-0.4, -0.2) is 32.1 Å². The monoisotopic (exact) mass is 316 g/mol. The molecule has 0 aromatic heterocycles. The van der Waals surface area contributed by atoms with Crippen LogP contribution < -0.4 is 9.47 Å². The molecule has 23 heavy (non-hydrogen) atoms. The van der Waals surface area contributed by atoms with Gasteiger partial charge in [0.2, 0.25) is 0 Å². The second-order valence-corrected chi connectivity index (χ2v) is 4.88. The van der Waals surface area contributed by atoms with Gasteiger partial charge in [-0.1, -0.05) is 31.2 Å². The molecule has 5 nitrogen and oxygen atoms in total. The van der Waals surface area contributed by atoms with Crippen molar-refractivity contribution < 1.29 is 24.1 Å². The van der Waals surface area contributed by atoms with Crippen LogP contribution in [0.1, 0.15) is 18.1 Å². The summed E-state index contributed by atoms with van der Waals surface area (Å²) in [6.45, 7) is 2.10. The van der Waals surface area contributed by atoms with E-state index < -0.39 is 5.97 Å². The Hall–Kier alpha value is -2.53. The van der Waals surface area contributed by atoms with E-state index in [1.54, 1.807) is 20.3 Å². The number of carbonyl (C=O) groups is 1. The van der Waals surface area contributed by atoms with Gasteiger partial charge >= 0.3 is 5.97 Å². The van der Waals surface area contributed by atoms with Crippen molar-refractivity contribution in [1.82, 2.24) is 0 Å². The van der Waals surface area contributed by atoms with Crippen molar-refractivity contribution >= 4 is 22.8 Å². The Morgan fingerprint density at radius 3 is 2.43 bits per heavy atom. The topological polar surface area (TPSA) is 65.0 Å². The van der Waals surface area contributed by atoms with Crippen LogP contribution in [0.15, 0.2) is 30.3 Å². The molecule has 0 bridgehead atoms. The summed E-state index contributed by atoms with van der Waals surface area (Å²) in [4.78, 5) is 10.9. The van der Waals surface area contributed by atoms with Crippen LogP contribution in [0, 0.1) is 0 Å². The Kier molecular flexibility index (Phi) is 5.60. The van der Waals surface area contributed by atoms with Crippen LogP contribution >= 0.6 is 0 Å². The van der Waals surface area contributed by atoms with E-state index in [4.69, 9.17) is 19.3 Å². The predicted molar refractivity (Wildman–Crippen MR) is 89.1 cm³/mol. The Balaban J connectivity index is 2.81. The van der Waals surface area contributed by atoms with Crippen LogP contribution in [0.3, 0.4) is 0 Å². The van der Waals surface area contributed by atoms with Gasteiger partial charge in [-0.05, 0) is 23.4 Å². The number of ether oxygens (including phenoxy) is 3. The highest BCUT2D eigenvalue weighted by Crippen LogP contribution is 2.42. The average Bonchev–Trinajstić information content (AvgIpc) is 2.56. The van der Waals surface area contributed by atoms with Crippen molar-refractivity contribution in [2.24, 2.45) is 0 Å². The molecule has 0 aliphatic heterocycles. The highest BCUT2D eigenvalue weighted by molar-refractivity contribution is 6.00. The van der Waals surface area contributed by atoms with Gasteiger partial charge in [0.15, 0.2) is 18.3 Å². The molecule has 2 aromatic carbocycles. The first kappa shape index (κ1) is 16.8. The van der Waals surface area contributed by atoms with Gasteiger partial charge in [-0.15, -0.1) is 0 Å². The van der Waals surface area contributed by atoms with Gasteiger partial charge in [0.05, 0.1) is 7.11 Å². The third kappa shape index (κ3) is 3.46. The second kappa shape index (κ2) is 7.65. The molecule has 1 N–H and O–H groups in total. The van der Waals surface area contributed by atoms with E-state index in [0.29, 0.717) is 17.9 Å². The summed E-state index contributed by atoms with van der Waals surface area (Å²) >= 11 is 0. The number of rotatable bonds is 7. The van der Waals surface area contributed by atoms with E-state index in [1.807, 2.05) is 31.2 Å². The van der Waals surface area contributed by atoms with Gasteiger partial charge in [-0.2, -0.15) is 0 Å². The van der Waals surface area contributed by atoms with Crippen molar-refractivity contribution in [2.75, 3.05) is 21.0 Å². The minimum Gasteiger partial charge on any atom is -0.493 e. The molecule has 0 heterocycles. The number of carboxylic acids is 1. The van der Waals surface area contributed by atoms with Gasteiger partial charge in [0, 0.05) is 24.1 Å². The van der Waals surface area contributed by atoms with E-state index in [2.05, 4.69) is 0 Å². The number of hydrogen-bond donors (Lipinski definition) is 1. The highest BCUT2D eigenvalue weighted by Gasteiger charge is 2.19. The first-order valence-electron chi connectivity index (χ1n) is 7.28. The van der Waals surface area contributed by atoms with Gasteiger partial charge in [-0.3, -0.25) is 0 Å². The molecule has 0 fully saturated rings. The molecule has 0 aliphatic carbocycles. The van der Waals surface area contributed by atoms with Gasteiger partial charge < -0.3 is 19.3 Å². The molecule has 0 amide bonds. The SMILES string of the molecule is CCc1c(OC)c(OCOC)c2ccccc2c1/C=C\C(=O)O. The molecule has 0 atom stereocenters. The standard InChI is InChI=1S/C18H20O5/c1-4-12-14(9-10-16(19)20)13-7-5-6-8-15(13)18(17(12)22-3)23-11-21-2/h5-10H,4,11H2,1-3H3,(H,19,20)/b10-9-. The van der Waals surface area contributed by atoms with E-state index in [1.165, 1.54) is 0 Å². The highest BCUT2D eigenvalue weighted by atomic mass is 16.7. The summed E-state index contributed by atoms with van der Waals surface area (Å²) in [6.07, 6.45) is 3.42. The van der Waals surface area contributed by atoms with E-state index >= 15 is 0 Å². The molecule has 5 heteroatoms. The zero-order chi connectivity index (χ0) is 16.8. The zero-order valence-corrected chi connectivity index (χ0v) is 13.5. The van der Waals surface area contributed by atoms with Crippen molar-refractivity contribution in [3.05, 3.63) is 41.5 Å². The second-order valence-electron chi connectivity index (χ2n) is 4.88. The number of hydrogen-bond acceptors (Lipinski definition) is 4. The van der Waals surface area contributed by atoms with E-state index in [9.17, 15) is 4.79 Å². The largest absolute Gasteiger partial charge is 0.493 e. The fourth-order valence-electron chi connectivity index (χ4n) is 2.63. The van der Waals surface area contributed by atoms with Crippen molar-refractivity contribution in [1.29, 1.82) is 0 Å². The number of fused-ring (bicyclic) bond motifs is 1. The minimum atomic E-state index is -0.991. The fourth-order valence-corrected chi connectivity index (χ4v) is 2.63. The lowest BCUT2D eigenvalue weighted by molar-refractivity contribution is -0.131. The number of carboxylic acid groups (broad SMARTS) is 1. The van der Waals surface area contributed by atoms with Crippen LogP contribution in [0.2, 0.25) is 0 Å². The van der Waals surface area contributed by atoms with E-state index in [-0.39, 0.29) is 6.79 Å². The summed E-state index contributed by atoms with van der Waals surface area (Å²) < 4.78 is 16.3. The lowest BCUT2D eigenvalue weighted by Crippen LogP contribution is -2.05. The van der Waals surface area contributed by atoms with Crippen molar-refractivity contribution in [2.45, 2.75) is 13.3 Å². The first-order chi connectivity index (χ1) is 11.1.